The second kappa shape index (κ2) is 10.7. The fourth-order valence-corrected chi connectivity index (χ4v) is 6.18. The molecule has 2 aromatic carbocycles. The van der Waals surface area contributed by atoms with Crippen molar-refractivity contribution in [3.05, 3.63) is 83.1 Å². The van der Waals surface area contributed by atoms with E-state index in [1.807, 2.05) is 6.07 Å². The predicted octanol–water partition coefficient (Wildman–Crippen LogP) is 4.68. The van der Waals surface area contributed by atoms with Crippen molar-refractivity contribution in [3.8, 4) is 6.07 Å². The van der Waals surface area contributed by atoms with E-state index in [4.69, 9.17) is 11.6 Å². The molecule has 218 valence electrons. The highest BCUT2D eigenvalue weighted by Crippen LogP contribution is 2.47. The summed E-state index contributed by atoms with van der Waals surface area (Å²) in [6, 6.07) is 15.4. The number of carbonyl (C=O) groups excluding carboxylic acids is 3. The Morgan fingerprint density at radius 2 is 1.95 bits per heavy atom. The molecule has 0 spiro atoms. The van der Waals surface area contributed by atoms with Crippen molar-refractivity contribution in [2.24, 2.45) is 0 Å². The Morgan fingerprint density at radius 1 is 1.16 bits per heavy atom. The second-order valence-corrected chi connectivity index (χ2v) is 11.1. The average Bonchev–Trinajstić information content (AvgIpc) is 3.57. The third-order valence-electron chi connectivity index (χ3n) is 7.96. The van der Waals surface area contributed by atoms with Gasteiger partial charge < -0.3 is 10.6 Å². The Bertz CT molecular complexity index is 1800. The Morgan fingerprint density at radius 3 is 2.70 bits per heavy atom. The molecule has 10 nitrogen and oxygen atoms in total. The van der Waals surface area contributed by atoms with E-state index in [0.29, 0.717) is 11.2 Å². The Labute approximate surface area is 249 Å². The first kappa shape index (κ1) is 28.2. The molecule has 1 unspecified atom stereocenters. The van der Waals surface area contributed by atoms with Crippen LogP contribution in [0, 0.1) is 11.3 Å². The number of aromatic nitrogens is 3. The lowest BCUT2D eigenvalue weighted by atomic mass is 9.74. The lowest BCUT2D eigenvalue weighted by Gasteiger charge is -2.43. The van der Waals surface area contributed by atoms with Crippen LogP contribution < -0.4 is 15.5 Å². The van der Waals surface area contributed by atoms with Gasteiger partial charge in [0, 0.05) is 47.6 Å². The van der Waals surface area contributed by atoms with Crippen molar-refractivity contribution in [1.29, 1.82) is 5.26 Å². The van der Waals surface area contributed by atoms with Crippen LogP contribution in [0.1, 0.15) is 42.7 Å². The number of hydrogen-bond acceptors (Lipinski definition) is 6. The van der Waals surface area contributed by atoms with Gasteiger partial charge >= 0.3 is 0 Å². The number of pyridine rings is 1. The van der Waals surface area contributed by atoms with E-state index in [-0.39, 0.29) is 34.8 Å². The molecule has 2 aliphatic rings. The van der Waals surface area contributed by atoms with Crippen LogP contribution in [0.2, 0.25) is 5.02 Å². The molecule has 13 heteroatoms. The van der Waals surface area contributed by atoms with E-state index in [9.17, 15) is 28.4 Å². The van der Waals surface area contributed by atoms with Crippen LogP contribution in [0.15, 0.2) is 67.0 Å². The fraction of sp³-hybridized carbons (Fsp3) is 0.267. The van der Waals surface area contributed by atoms with Crippen molar-refractivity contribution < 1.29 is 23.2 Å². The van der Waals surface area contributed by atoms with Gasteiger partial charge in [0.15, 0.2) is 0 Å². The van der Waals surface area contributed by atoms with Crippen LogP contribution in [0.3, 0.4) is 0 Å². The summed E-state index contributed by atoms with van der Waals surface area (Å²) in [6.07, 6.45) is 1.58. The molecule has 43 heavy (non-hydrogen) atoms. The SMILES string of the molecule is N#Cc1ccnc(N2C(=O)CCC2(C(=O)Nc2ccc3cn[nH]c3c2)[C@@H](C(=O)NC2CC(F)(F)C2)c2ccccc2Cl)c1. The smallest absolute Gasteiger partial charge is 0.252 e. The molecule has 1 aliphatic carbocycles. The van der Waals surface area contributed by atoms with Gasteiger partial charge in [-0.2, -0.15) is 10.4 Å². The summed E-state index contributed by atoms with van der Waals surface area (Å²) < 4.78 is 27.5. The van der Waals surface area contributed by atoms with Crippen molar-refractivity contribution in [1.82, 2.24) is 20.5 Å². The van der Waals surface area contributed by atoms with Crippen LogP contribution in [0.4, 0.5) is 20.3 Å². The first-order chi connectivity index (χ1) is 20.6. The summed E-state index contributed by atoms with van der Waals surface area (Å²) in [5.41, 5.74) is -0.554. The first-order valence-electron chi connectivity index (χ1n) is 13.5. The number of anilines is 2. The zero-order valence-corrected chi connectivity index (χ0v) is 23.2. The number of benzene rings is 2. The standard InChI is InChI=1S/C30H24ClF2N7O3/c31-22-4-2-1-3-21(22)26(27(42)37-20-13-29(32,33)14-20)30(28(43)38-19-6-5-18-16-36-39-23(18)12-19)9-7-25(41)40(30)24-11-17(15-34)8-10-35-24/h1-6,8,10-12,16,20,26H,7,9,13-14H2,(H,36,39)(H,37,42)(H,38,43)/t26-,30?/m1/s1. The summed E-state index contributed by atoms with van der Waals surface area (Å²) in [7, 11) is 0. The molecule has 4 aromatic rings. The normalized spacial score (nSPS) is 20.3. The highest BCUT2D eigenvalue weighted by atomic mass is 35.5. The van der Waals surface area contributed by atoms with Gasteiger partial charge in [-0.15, -0.1) is 0 Å². The number of carbonyl (C=O) groups is 3. The molecule has 2 fully saturated rings. The van der Waals surface area contributed by atoms with E-state index in [1.165, 1.54) is 18.3 Å². The van der Waals surface area contributed by atoms with Crippen LogP contribution in [-0.4, -0.2) is 50.4 Å². The molecule has 2 aromatic heterocycles. The predicted molar refractivity (Wildman–Crippen MR) is 153 cm³/mol. The number of H-pyrrole nitrogens is 1. The highest BCUT2D eigenvalue weighted by Gasteiger charge is 2.61. The van der Waals surface area contributed by atoms with Crippen LogP contribution in [0.25, 0.3) is 10.9 Å². The van der Waals surface area contributed by atoms with Crippen molar-refractivity contribution >= 4 is 51.7 Å². The van der Waals surface area contributed by atoms with Gasteiger partial charge in [0.05, 0.1) is 29.3 Å². The Balaban J connectivity index is 1.52. The number of nitrogens with one attached hydrogen (secondary N) is 3. The number of aromatic amines is 1. The molecular formula is C30H24ClF2N7O3. The summed E-state index contributed by atoms with van der Waals surface area (Å²) in [4.78, 5) is 47.9. The van der Waals surface area contributed by atoms with Gasteiger partial charge in [-0.3, -0.25) is 24.4 Å². The fourth-order valence-electron chi connectivity index (χ4n) is 5.93. The quantitative estimate of drug-likeness (QED) is 0.280. The van der Waals surface area contributed by atoms with Crippen molar-refractivity contribution in [2.45, 2.75) is 49.1 Å². The number of alkyl halides is 2. The largest absolute Gasteiger partial charge is 0.352 e. The second-order valence-electron chi connectivity index (χ2n) is 10.7. The minimum Gasteiger partial charge on any atom is -0.352 e. The maximum Gasteiger partial charge on any atom is 0.252 e. The Kier molecular flexibility index (Phi) is 7.06. The van der Waals surface area contributed by atoms with E-state index < -0.39 is 54.0 Å². The van der Waals surface area contributed by atoms with Crippen LogP contribution >= 0.6 is 11.6 Å². The van der Waals surface area contributed by atoms with E-state index in [1.54, 1.807) is 48.7 Å². The lowest BCUT2D eigenvalue weighted by Crippen LogP contribution is -2.63. The molecule has 1 saturated heterocycles. The van der Waals surface area contributed by atoms with Gasteiger partial charge in [0.25, 0.3) is 11.8 Å². The maximum absolute atomic E-state index is 14.6. The van der Waals surface area contributed by atoms with Crippen molar-refractivity contribution in [3.63, 3.8) is 0 Å². The number of rotatable bonds is 7. The maximum atomic E-state index is 14.6. The van der Waals surface area contributed by atoms with Gasteiger partial charge in [-0.05, 0) is 48.4 Å². The molecule has 6 rings (SSSR count). The third-order valence-corrected chi connectivity index (χ3v) is 8.30. The number of hydrogen-bond donors (Lipinski definition) is 3. The molecule has 0 radical (unpaired) electrons. The summed E-state index contributed by atoms with van der Waals surface area (Å²) in [5.74, 6) is -6.34. The minimum atomic E-state index is -2.91. The zero-order chi connectivity index (χ0) is 30.4. The Hall–Kier alpha value is -4.89. The summed E-state index contributed by atoms with van der Waals surface area (Å²) in [6.45, 7) is 0. The monoisotopic (exact) mass is 603 g/mol. The average molecular weight is 604 g/mol. The molecule has 3 N–H and O–H groups in total. The number of fused-ring (bicyclic) bond motifs is 1. The van der Waals surface area contributed by atoms with Crippen LogP contribution in [-0.2, 0) is 14.4 Å². The molecule has 1 saturated carbocycles. The van der Waals surface area contributed by atoms with Gasteiger partial charge in [0.2, 0.25) is 11.8 Å². The molecule has 0 bridgehead atoms. The van der Waals surface area contributed by atoms with E-state index in [0.717, 1.165) is 10.3 Å². The number of amides is 3. The lowest BCUT2D eigenvalue weighted by molar-refractivity contribution is -0.136. The highest BCUT2D eigenvalue weighted by molar-refractivity contribution is 6.32. The van der Waals surface area contributed by atoms with Crippen molar-refractivity contribution in [2.75, 3.05) is 10.2 Å². The third kappa shape index (κ3) is 5.06. The summed E-state index contributed by atoms with van der Waals surface area (Å²) in [5, 5.41) is 22.8. The number of nitriles is 1. The number of nitrogens with zero attached hydrogens (tertiary/aromatic N) is 4. The zero-order valence-electron chi connectivity index (χ0n) is 22.5. The van der Waals surface area contributed by atoms with Gasteiger partial charge in [-0.1, -0.05) is 29.8 Å². The first-order valence-corrected chi connectivity index (χ1v) is 13.9. The van der Waals surface area contributed by atoms with Crippen LogP contribution in [0.5, 0.6) is 0 Å². The topological polar surface area (TPSA) is 144 Å². The van der Waals surface area contributed by atoms with Gasteiger partial charge in [-0.25, -0.2) is 13.8 Å². The molecule has 3 amide bonds. The molecular weight excluding hydrogens is 580 g/mol. The molecule has 2 atom stereocenters. The van der Waals surface area contributed by atoms with E-state index in [2.05, 4.69) is 25.8 Å². The van der Waals surface area contributed by atoms with Gasteiger partial charge in [0.1, 0.15) is 11.4 Å². The molecule has 3 heterocycles. The molecule has 1 aliphatic heterocycles. The summed E-state index contributed by atoms with van der Waals surface area (Å²) >= 11 is 6.62. The number of halogens is 3. The van der Waals surface area contributed by atoms with E-state index >= 15 is 0 Å². The minimum absolute atomic E-state index is 0.0132.